The molecule has 0 bridgehead atoms. The lowest BCUT2D eigenvalue weighted by Gasteiger charge is -2.21. The molecule has 2 amide bonds. The summed E-state index contributed by atoms with van der Waals surface area (Å²) in [6.45, 7) is 9.68. The second-order valence-electron chi connectivity index (χ2n) is 6.79. The maximum atomic E-state index is 12.9. The lowest BCUT2D eigenvalue weighted by atomic mass is 9.95. The minimum absolute atomic E-state index is 0.215. The lowest BCUT2D eigenvalue weighted by molar-refractivity contribution is 0.0763. The van der Waals surface area contributed by atoms with Crippen molar-refractivity contribution < 1.29 is 19.2 Å². The van der Waals surface area contributed by atoms with E-state index in [4.69, 9.17) is 0 Å². The Morgan fingerprint density at radius 1 is 0.667 bits per heavy atom. The van der Waals surface area contributed by atoms with Crippen molar-refractivity contribution >= 4 is 24.4 Å². The minimum Gasteiger partial charge on any atom is -0.339 e. The summed E-state index contributed by atoms with van der Waals surface area (Å²) in [5.74, 6) is -0.430. The summed E-state index contributed by atoms with van der Waals surface area (Å²) < 4.78 is 0. The van der Waals surface area contributed by atoms with Gasteiger partial charge in [0.2, 0.25) is 0 Å². The minimum atomic E-state index is -0.215. The van der Waals surface area contributed by atoms with E-state index >= 15 is 0 Å². The van der Waals surface area contributed by atoms with Gasteiger partial charge in [0.25, 0.3) is 11.8 Å². The molecule has 2 aromatic rings. The number of hydrogen-bond acceptors (Lipinski definition) is 4. The SMILES string of the molecule is CCN(CC)C(=O)c1cc(-c2ccc(C=O)c(C(=O)N(CC)CC)c2)ccc1C=O. The van der Waals surface area contributed by atoms with Crippen molar-refractivity contribution in [3.63, 3.8) is 0 Å². The number of carbonyl (C=O) groups is 4. The fraction of sp³-hybridized carbons (Fsp3) is 0.333. The molecule has 6 heteroatoms. The van der Waals surface area contributed by atoms with E-state index in [0.29, 0.717) is 72.1 Å². The van der Waals surface area contributed by atoms with Crippen molar-refractivity contribution in [2.45, 2.75) is 27.7 Å². The second-order valence-corrected chi connectivity index (χ2v) is 6.79. The Labute approximate surface area is 177 Å². The molecule has 0 spiro atoms. The molecule has 0 saturated heterocycles. The molecule has 0 saturated carbocycles. The molecule has 6 nitrogen and oxygen atoms in total. The predicted molar refractivity (Wildman–Crippen MR) is 117 cm³/mol. The van der Waals surface area contributed by atoms with Crippen LogP contribution in [-0.2, 0) is 0 Å². The van der Waals surface area contributed by atoms with E-state index in [1.54, 1.807) is 46.2 Å². The highest BCUT2D eigenvalue weighted by atomic mass is 16.2. The van der Waals surface area contributed by atoms with E-state index in [9.17, 15) is 19.2 Å². The Balaban J connectivity index is 2.59. The monoisotopic (exact) mass is 408 g/mol. The standard InChI is InChI=1S/C24H28N2O4/c1-5-25(6-2)23(29)21-13-17(9-11-19(21)15-27)18-10-12-20(16-28)22(14-18)24(30)26(7-3)8-4/h9-16H,5-8H2,1-4H3. The predicted octanol–water partition coefficient (Wildman–Crippen LogP) is 3.94. The Morgan fingerprint density at radius 2 is 1.00 bits per heavy atom. The van der Waals surface area contributed by atoms with E-state index in [-0.39, 0.29) is 11.8 Å². The molecule has 0 aliphatic rings. The average molecular weight is 408 g/mol. The Morgan fingerprint density at radius 3 is 1.27 bits per heavy atom. The average Bonchev–Trinajstić information content (AvgIpc) is 2.79. The number of amides is 2. The first-order valence-electron chi connectivity index (χ1n) is 10.2. The molecule has 0 aliphatic heterocycles. The molecule has 0 aliphatic carbocycles. The summed E-state index contributed by atoms with van der Waals surface area (Å²) in [6, 6.07) is 10.0. The maximum Gasteiger partial charge on any atom is 0.254 e. The highest BCUT2D eigenvalue weighted by molar-refractivity contribution is 6.04. The first-order chi connectivity index (χ1) is 14.4. The molecule has 0 fully saturated rings. The van der Waals surface area contributed by atoms with Crippen LogP contribution in [0.2, 0.25) is 0 Å². The van der Waals surface area contributed by atoms with E-state index in [2.05, 4.69) is 0 Å². The van der Waals surface area contributed by atoms with Crippen molar-refractivity contribution in [2.24, 2.45) is 0 Å². The van der Waals surface area contributed by atoms with Crippen LogP contribution in [0.3, 0.4) is 0 Å². The zero-order valence-electron chi connectivity index (χ0n) is 18.0. The third-order valence-corrected chi connectivity index (χ3v) is 5.26. The van der Waals surface area contributed by atoms with Crippen LogP contribution in [0.15, 0.2) is 36.4 Å². The second kappa shape index (κ2) is 10.5. The molecule has 0 unspecified atom stereocenters. The van der Waals surface area contributed by atoms with Gasteiger partial charge in [-0.1, -0.05) is 24.3 Å². The van der Waals surface area contributed by atoms with Crippen LogP contribution in [0.5, 0.6) is 0 Å². The third kappa shape index (κ3) is 4.64. The fourth-order valence-electron chi connectivity index (χ4n) is 3.41. The van der Waals surface area contributed by atoms with Crippen LogP contribution in [0.4, 0.5) is 0 Å². The van der Waals surface area contributed by atoms with Crippen molar-refractivity contribution in [1.29, 1.82) is 0 Å². The van der Waals surface area contributed by atoms with Crippen LogP contribution >= 0.6 is 0 Å². The Hall–Kier alpha value is -3.28. The van der Waals surface area contributed by atoms with Gasteiger partial charge < -0.3 is 9.80 Å². The number of benzene rings is 2. The molecular weight excluding hydrogens is 380 g/mol. The van der Waals surface area contributed by atoms with Gasteiger partial charge in [-0.2, -0.15) is 0 Å². The maximum absolute atomic E-state index is 12.9. The van der Waals surface area contributed by atoms with E-state index < -0.39 is 0 Å². The van der Waals surface area contributed by atoms with E-state index in [0.717, 1.165) is 0 Å². The Kier molecular flexibility index (Phi) is 8.04. The van der Waals surface area contributed by atoms with Gasteiger partial charge in [-0.3, -0.25) is 19.2 Å². The van der Waals surface area contributed by atoms with Gasteiger partial charge in [-0.05, 0) is 51.0 Å². The third-order valence-electron chi connectivity index (χ3n) is 5.26. The first-order valence-corrected chi connectivity index (χ1v) is 10.2. The summed E-state index contributed by atoms with van der Waals surface area (Å²) in [6.07, 6.45) is 1.34. The molecule has 158 valence electrons. The topological polar surface area (TPSA) is 74.8 Å². The van der Waals surface area contributed by atoms with Gasteiger partial charge in [0, 0.05) is 37.3 Å². The van der Waals surface area contributed by atoms with Crippen LogP contribution in [0, 0.1) is 0 Å². The summed E-state index contributed by atoms with van der Waals surface area (Å²) >= 11 is 0. The van der Waals surface area contributed by atoms with Crippen molar-refractivity contribution in [2.75, 3.05) is 26.2 Å². The van der Waals surface area contributed by atoms with Gasteiger partial charge in [0.05, 0.1) is 11.1 Å². The van der Waals surface area contributed by atoms with Crippen molar-refractivity contribution in [3.05, 3.63) is 58.7 Å². The van der Waals surface area contributed by atoms with Gasteiger partial charge >= 0.3 is 0 Å². The van der Waals surface area contributed by atoms with Gasteiger partial charge in [-0.15, -0.1) is 0 Å². The van der Waals surface area contributed by atoms with E-state index in [1.165, 1.54) is 0 Å². The van der Waals surface area contributed by atoms with Crippen LogP contribution in [0.1, 0.15) is 69.1 Å². The van der Waals surface area contributed by atoms with Crippen LogP contribution < -0.4 is 0 Å². The highest BCUT2D eigenvalue weighted by Crippen LogP contribution is 2.26. The number of hydrogen-bond donors (Lipinski definition) is 0. The van der Waals surface area contributed by atoms with Crippen molar-refractivity contribution in [3.8, 4) is 11.1 Å². The molecule has 0 atom stereocenters. The normalized spacial score (nSPS) is 10.4. The Bertz CT molecular complexity index is 867. The highest BCUT2D eigenvalue weighted by Gasteiger charge is 2.20. The molecular formula is C24H28N2O4. The van der Waals surface area contributed by atoms with Crippen LogP contribution in [-0.4, -0.2) is 60.4 Å². The first kappa shape index (κ1) is 23.0. The van der Waals surface area contributed by atoms with E-state index in [1.807, 2.05) is 27.7 Å². The molecule has 30 heavy (non-hydrogen) atoms. The number of carbonyl (C=O) groups excluding carboxylic acids is 4. The lowest BCUT2D eigenvalue weighted by Crippen LogP contribution is -2.31. The van der Waals surface area contributed by atoms with Crippen LogP contribution in [0.25, 0.3) is 11.1 Å². The van der Waals surface area contributed by atoms with Crippen molar-refractivity contribution in [1.82, 2.24) is 9.80 Å². The fourth-order valence-corrected chi connectivity index (χ4v) is 3.41. The quantitative estimate of drug-likeness (QED) is 0.589. The summed E-state index contributed by atoms with van der Waals surface area (Å²) in [5.41, 5.74) is 2.67. The molecule has 2 rings (SSSR count). The smallest absolute Gasteiger partial charge is 0.254 e. The summed E-state index contributed by atoms with van der Waals surface area (Å²) in [5, 5.41) is 0. The number of aldehydes is 2. The summed E-state index contributed by atoms with van der Waals surface area (Å²) in [7, 11) is 0. The van der Waals surface area contributed by atoms with Gasteiger partial charge in [0.1, 0.15) is 0 Å². The number of nitrogens with zero attached hydrogens (tertiary/aromatic N) is 2. The molecule has 0 radical (unpaired) electrons. The largest absolute Gasteiger partial charge is 0.339 e. The number of rotatable bonds is 9. The summed E-state index contributed by atoms with van der Waals surface area (Å²) in [4.78, 5) is 52.0. The molecule has 0 heterocycles. The molecule has 0 N–H and O–H groups in total. The van der Waals surface area contributed by atoms with Gasteiger partial charge in [0.15, 0.2) is 12.6 Å². The zero-order valence-corrected chi connectivity index (χ0v) is 18.0. The molecule has 0 aromatic heterocycles. The van der Waals surface area contributed by atoms with Gasteiger partial charge in [-0.25, -0.2) is 0 Å². The zero-order chi connectivity index (χ0) is 22.3. The molecule has 2 aromatic carbocycles.